The van der Waals surface area contributed by atoms with E-state index in [2.05, 4.69) is 20.1 Å². The molecule has 1 amide bonds. The maximum Gasteiger partial charge on any atom is 0.257 e. The maximum atomic E-state index is 12.8. The third-order valence-corrected chi connectivity index (χ3v) is 6.33. The Bertz CT molecular complexity index is 1230. The van der Waals surface area contributed by atoms with E-state index in [4.69, 9.17) is 4.74 Å². The molecule has 2 aromatic carbocycles. The number of rotatable bonds is 11. The molecule has 0 atom stereocenters. The van der Waals surface area contributed by atoms with Gasteiger partial charge >= 0.3 is 0 Å². The zero-order valence-corrected chi connectivity index (χ0v) is 22.0. The summed E-state index contributed by atoms with van der Waals surface area (Å²) in [5, 5.41) is 6.09. The lowest BCUT2D eigenvalue weighted by Gasteiger charge is -2.16. The standard InChI is InChI=1S/C22H30N4O6S2.ClH/c1-33(28,29)25-19-10-6-5-9-18(19)22(27)24-17-11-12-21(20(15-17)26-34(2,30)31)32-14-13-23-16-7-3-4-8-16;/h5-6,9-12,15-16,23,25-26H,3-4,7-8,13-14H2,1-2H3,(H,24,27);1H. The van der Waals surface area contributed by atoms with Gasteiger partial charge in [-0.25, -0.2) is 16.8 Å². The number of carbonyl (C=O) groups excluding carboxylic acids is 1. The molecule has 0 unspecified atom stereocenters. The Morgan fingerprint density at radius 1 is 0.943 bits per heavy atom. The quantitative estimate of drug-likeness (QED) is 0.317. The van der Waals surface area contributed by atoms with Crippen molar-refractivity contribution in [2.24, 2.45) is 0 Å². The van der Waals surface area contributed by atoms with Crippen molar-refractivity contribution in [3.8, 4) is 5.75 Å². The number of anilines is 3. The maximum absolute atomic E-state index is 12.8. The lowest BCUT2D eigenvalue weighted by Crippen LogP contribution is -2.30. The molecule has 0 spiro atoms. The van der Waals surface area contributed by atoms with E-state index in [1.807, 2.05) is 0 Å². The number of halogens is 1. The van der Waals surface area contributed by atoms with Gasteiger partial charge in [0.1, 0.15) is 12.4 Å². The molecule has 1 aliphatic carbocycles. The van der Waals surface area contributed by atoms with Gasteiger partial charge in [-0.05, 0) is 43.2 Å². The minimum atomic E-state index is -3.60. The molecule has 0 bridgehead atoms. The van der Waals surface area contributed by atoms with Gasteiger partial charge < -0.3 is 15.4 Å². The molecule has 35 heavy (non-hydrogen) atoms. The van der Waals surface area contributed by atoms with Crippen molar-refractivity contribution in [1.82, 2.24) is 5.32 Å². The summed E-state index contributed by atoms with van der Waals surface area (Å²) in [6.45, 7) is 0.983. The van der Waals surface area contributed by atoms with Crippen molar-refractivity contribution in [3.05, 3.63) is 48.0 Å². The molecule has 1 saturated carbocycles. The first kappa shape index (κ1) is 28.7. The predicted octanol–water partition coefficient (Wildman–Crippen LogP) is 3.01. The topological polar surface area (TPSA) is 143 Å². The van der Waals surface area contributed by atoms with Gasteiger partial charge in [0.15, 0.2) is 0 Å². The minimum absolute atomic E-state index is 0. The summed E-state index contributed by atoms with van der Waals surface area (Å²) in [4.78, 5) is 12.8. The van der Waals surface area contributed by atoms with E-state index >= 15 is 0 Å². The molecule has 2 aromatic rings. The van der Waals surface area contributed by atoms with Crippen LogP contribution in [0.5, 0.6) is 5.75 Å². The van der Waals surface area contributed by atoms with E-state index in [0.29, 0.717) is 30.6 Å². The molecular formula is C22H31ClN4O6S2. The zero-order valence-electron chi connectivity index (χ0n) is 19.5. The summed E-state index contributed by atoms with van der Waals surface area (Å²) in [7, 11) is -7.19. The molecular weight excluding hydrogens is 516 g/mol. The van der Waals surface area contributed by atoms with Crippen LogP contribution < -0.4 is 24.8 Å². The average molecular weight is 547 g/mol. The summed E-state index contributed by atoms with van der Waals surface area (Å²) < 4.78 is 57.4. The van der Waals surface area contributed by atoms with Crippen LogP contribution in [0.3, 0.4) is 0 Å². The van der Waals surface area contributed by atoms with Gasteiger partial charge in [-0.1, -0.05) is 25.0 Å². The van der Waals surface area contributed by atoms with E-state index in [-0.39, 0.29) is 29.3 Å². The van der Waals surface area contributed by atoms with Gasteiger partial charge in [0.25, 0.3) is 5.91 Å². The molecule has 0 aliphatic heterocycles. The lowest BCUT2D eigenvalue weighted by atomic mass is 10.1. The fourth-order valence-corrected chi connectivity index (χ4v) is 4.87. The molecule has 10 nitrogen and oxygen atoms in total. The molecule has 0 radical (unpaired) electrons. The third-order valence-electron chi connectivity index (χ3n) is 5.15. The van der Waals surface area contributed by atoms with E-state index in [0.717, 1.165) is 25.4 Å². The molecule has 3 rings (SSSR count). The first-order valence-corrected chi connectivity index (χ1v) is 14.6. The van der Waals surface area contributed by atoms with Gasteiger partial charge in [0.05, 0.1) is 29.4 Å². The van der Waals surface area contributed by atoms with Crippen LogP contribution in [-0.2, 0) is 20.0 Å². The van der Waals surface area contributed by atoms with Gasteiger partial charge in [-0.3, -0.25) is 14.2 Å². The van der Waals surface area contributed by atoms with Crippen LogP contribution in [-0.4, -0.2) is 54.4 Å². The first-order chi connectivity index (χ1) is 16.0. The minimum Gasteiger partial charge on any atom is -0.490 e. The van der Waals surface area contributed by atoms with Crippen molar-refractivity contribution >= 4 is 55.4 Å². The number of sulfonamides is 2. The van der Waals surface area contributed by atoms with Gasteiger partial charge in [-0.2, -0.15) is 0 Å². The average Bonchev–Trinajstić information content (AvgIpc) is 3.24. The van der Waals surface area contributed by atoms with E-state index < -0.39 is 26.0 Å². The van der Waals surface area contributed by atoms with Crippen molar-refractivity contribution in [2.45, 2.75) is 31.7 Å². The molecule has 1 fully saturated rings. The van der Waals surface area contributed by atoms with E-state index in [1.165, 1.54) is 31.0 Å². The summed E-state index contributed by atoms with van der Waals surface area (Å²) in [6.07, 6.45) is 6.77. The second-order valence-electron chi connectivity index (χ2n) is 8.24. The first-order valence-electron chi connectivity index (χ1n) is 10.9. The van der Waals surface area contributed by atoms with Crippen LogP contribution in [0, 0.1) is 0 Å². The second kappa shape index (κ2) is 12.4. The molecule has 194 valence electrons. The zero-order chi connectivity index (χ0) is 24.8. The summed E-state index contributed by atoms with van der Waals surface area (Å²) in [5.41, 5.74) is 0.737. The monoisotopic (exact) mass is 546 g/mol. The number of carbonyl (C=O) groups is 1. The van der Waals surface area contributed by atoms with Crippen LogP contribution in [0.15, 0.2) is 42.5 Å². The number of para-hydroxylation sites is 1. The van der Waals surface area contributed by atoms with E-state index in [1.54, 1.807) is 24.3 Å². The Balaban J connectivity index is 0.00000432. The number of hydrogen-bond acceptors (Lipinski definition) is 7. The van der Waals surface area contributed by atoms with Crippen molar-refractivity contribution < 1.29 is 26.4 Å². The van der Waals surface area contributed by atoms with Crippen LogP contribution >= 0.6 is 12.4 Å². The summed E-state index contributed by atoms with van der Waals surface area (Å²) in [6, 6.07) is 11.3. The van der Waals surface area contributed by atoms with Gasteiger partial charge in [-0.15, -0.1) is 12.4 Å². The van der Waals surface area contributed by atoms with Crippen LogP contribution in [0.1, 0.15) is 36.0 Å². The van der Waals surface area contributed by atoms with Crippen LogP contribution in [0.25, 0.3) is 0 Å². The number of nitrogens with one attached hydrogen (secondary N) is 4. The smallest absolute Gasteiger partial charge is 0.257 e. The number of benzene rings is 2. The Hall–Kier alpha value is -2.54. The largest absolute Gasteiger partial charge is 0.490 e. The molecule has 0 aromatic heterocycles. The van der Waals surface area contributed by atoms with Crippen LogP contribution in [0.4, 0.5) is 17.1 Å². The number of amides is 1. The van der Waals surface area contributed by atoms with Gasteiger partial charge in [0.2, 0.25) is 20.0 Å². The fraction of sp³-hybridized carbons (Fsp3) is 0.409. The van der Waals surface area contributed by atoms with E-state index in [9.17, 15) is 21.6 Å². The Morgan fingerprint density at radius 3 is 2.23 bits per heavy atom. The highest BCUT2D eigenvalue weighted by Gasteiger charge is 2.17. The van der Waals surface area contributed by atoms with Crippen molar-refractivity contribution in [2.75, 3.05) is 40.4 Å². The highest BCUT2D eigenvalue weighted by atomic mass is 35.5. The molecule has 4 N–H and O–H groups in total. The van der Waals surface area contributed by atoms with Crippen molar-refractivity contribution in [3.63, 3.8) is 0 Å². The highest BCUT2D eigenvalue weighted by Crippen LogP contribution is 2.30. The number of hydrogen-bond donors (Lipinski definition) is 4. The normalized spacial score (nSPS) is 14.1. The second-order valence-corrected chi connectivity index (χ2v) is 11.7. The Labute approximate surface area is 212 Å². The highest BCUT2D eigenvalue weighted by molar-refractivity contribution is 7.92. The number of ether oxygens (including phenoxy) is 1. The molecule has 0 saturated heterocycles. The third kappa shape index (κ3) is 9.55. The molecule has 13 heteroatoms. The summed E-state index contributed by atoms with van der Waals surface area (Å²) in [5.74, 6) is -0.234. The SMILES string of the molecule is CS(=O)(=O)Nc1cc(NC(=O)c2ccccc2NS(C)(=O)=O)ccc1OCCNC1CCCC1.Cl. The molecule has 1 aliphatic rings. The van der Waals surface area contributed by atoms with Gasteiger partial charge in [0, 0.05) is 18.3 Å². The lowest BCUT2D eigenvalue weighted by molar-refractivity contribution is 0.102. The Morgan fingerprint density at radius 2 is 1.57 bits per heavy atom. The Kier molecular flexibility index (Phi) is 10.2. The summed E-state index contributed by atoms with van der Waals surface area (Å²) >= 11 is 0. The fourth-order valence-electron chi connectivity index (χ4n) is 3.74. The predicted molar refractivity (Wildman–Crippen MR) is 141 cm³/mol. The molecule has 0 heterocycles. The van der Waals surface area contributed by atoms with Crippen molar-refractivity contribution in [1.29, 1.82) is 0 Å². The van der Waals surface area contributed by atoms with Crippen LogP contribution in [0.2, 0.25) is 0 Å².